The molecule has 2 heterocycles. The molecule has 0 saturated carbocycles. The molecule has 0 aliphatic carbocycles. The second kappa shape index (κ2) is 6.91. The van der Waals surface area contributed by atoms with Crippen molar-refractivity contribution in [1.82, 2.24) is 0 Å². The van der Waals surface area contributed by atoms with Gasteiger partial charge in [-0.1, -0.05) is 53.7 Å². The van der Waals surface area contributed by atoms with Crippen LogP contribution in [0.3, 0.4) is 0 Å². The van der Waals surface area contributed by atoms with Crippen LogP contribution in [0.25, 0.3) is 0 Å². The van der Waals surface area contributed by atoms with Gasteiger partial charge in [-0.2, -0.15) is 0 Å². The quantitative estimate of drug-likeness (QED) is 0.775. The van der Waals surface area contributed by atoms with E-state index < -0.39 is 9.84 Å². The Kier molecular flexibility index (Phi) is 4.75. The molecule has 4 rings (SSSR count). The Morgan fingerprint density at radius 1 is 1.19 bits per heavy atom. The monoisotopic (exact) mass is 406 g/mol. The summed E-state index contributed by atoms with van der Waals surface area (Å²) in [7, 11) is -3.04. The summed E-state index contributed by atoms with van der Waals surface area (Å²) in [5.41, 5.74) is 3.41. The summed E-state index contributed by atoms with van der Waals surface area (Å²) in [6, 6.07) is 15.5. The van der Waals surface area contributed by atoms with E-state index in [-0.39, 0.29) is 23.6 Å². The van der Waals surface area contributed by atoms with Gasteiger partial charge in [-0.25, -0.2) is 8.42 Å². The molecule has 0 spiro atoms. The number of anilines is 1. The number of aliphatic imine (C=N–C) groups is 1. The van der Waals surface area contributed by atoms with Crippen molar-refractivity contribution >= 4 is 44.1 Å². The van der Waals surface area contributed by atoms with Crippen molar-refractivity contribution in [3.05, 3.63) is 64.7 Å². The fourth-order valence-electron chi connectivity index (χ4n) is 3.48. The smallest absolute Gasteiger partial charge is 0.164 e. The topological polar surface area (TPSA) is 49.7 Å². The van der Waals surface area contributed by atoms with Crippen LogP contribution in [0.4, 0.5) is 5.69 Å². The maximum Gasteiger partial charge on any atom is 0.164 e. The Morgan fingerprint density at radius 2 is 2.00 bits per heavy atom. The van der Waals surface area contributed by atoms with Crippen molar-refractivity contribution in [2.24, 2.45) is 4.99 Å². The van der Waals surface area contributed by atoms with E-state index in [1.807, 2.05) is 36.4 Å². The number of hydrogen-bond acceptors (Lipinski definition) is 5. The lowest BCUT2D eigenvalue weighted by atomic mass is 10.1. The van der Waals surface area contributed by atoms with Crippen molar-refractivity contribution in [1.29, 1.82) is 0 Å². The molecule has 4 nitrogen and oxygen atoms in total. The van der Waals surface area contributed by atoms with Gasteiger partial charge in [0, 0.05) is 16.5 Å². The Morgan fingerprint density at radius 3 is 2.77 bits per heavy atom. The fourth-order valence-corrected chi connectivity index (χ4v) is 6.70. The molecule has 0 N–H and O–H groups in total. The van der Waals surface area contributed by atoms with Gasteiger partial charge in [-0.3, -0.25) is 4.99 Å². The molecule has 1 saturated heterocycles. The molecule has 0 radical (unpaired) electrons. The molecule has 0 aromatic heterocycles. The van der Waals surface area contributed by atoms with Crippen LogP contribution in [0.15, 0.2) is 53.5 Å². The van der Waals surface area contributed by atoms with Gasteiger partial charge in [0.1, 0.15) is 0 Å². The lowest BCUT2D eigenvalue weighted by Gasteiger charge is -2.26. The Labute approximate surface area is 163 Å². The molecule has 0 unspecified atom stereocenters. The maximum absolute atomic E-state index is 12.1. The van der Waals surface area contributed by atoms with E-state index >= 15 is 0 Å². The number of fused-ring (bicyclic) bond motifs is 1. The molecule has 26 heavy (non-hydrogen) atoms. The summed E-state index contributed by atoms with van der Waals surface area (Å²) in [6.07, 6.45) is 0. The first kappa shape index (κ1) is 17.9. The summed E-state index contributed by atoms with van der Waals surface area (Å²) in [4.78, 5) is 6.82. The van der Waals surface area contributed by atoms with Gasteiger partial charge in [0.15, 0.2) is 15.0 Å². The molecule has 2 aliphatic rings. The van der Waals surface area contributed by atoms with E-state index in [0.29, 0.717) is 5.02 Å². The summed E-state index contributed by atoms with van der Waals surface area (Å²) >= 11 is 7.83. The van der Waals surface area contributed by atoms with Crippen molar-refractivity contribution in [3.8, 4) is 0 Å². The third kappa shape index (κ3) is 3.50. The van der Waals surface area contributed by atoms with E-state index in [1.165, 1.54) is 11.1 Å². The van der Waals surface area contributed by atoms with Gasteiger partial charge in [0.05, 0.1) is 23.6 Å². The highest BCUT2D eigenvalue weighted by molar-refractivity contribution is 8.13. The van der Waals surface area contributed by atoms with Crippen LogP contribution < -0.4 is 4.90 Å². The summed E-state index contributed by atoms with van der Waals surface area (Å²) < 4.78 is 24.2. The van der Waals surface area contributed by atoms with Crippen molar-refractivity contribution in [2.45, 2.75) is 24.8 Å². The minimum absolute atomic E-state index is 0.128. The molecule has 2 aromatic rings. The zero-order chi connectivity index (χ0) is 18.3. The van der Waals surface area contributed by atoms with Crippen molar-refractivity contribution in [3.63, 3.8) is 0 Å². The van der Waals surface area contributed by atoms with Crippen LogP contribution in [0.5, 0.6) is 0 Å². The van der Waals surface area contributed by atoms with Gasteiger partial charge in [-0.15, -0.1) is 0 Å². The maximum atomic E-state index is 12.1. The first-order valence-electron chi connectivity index (χ1n) is 8.43. The predicted molar refractivity (Wildman–Crippen MR) is 110 cm³/mol. The number of thioether (sulfide) groups is 1. The fraction of sp³-hybridized carbons (Fsp3) is 0.316. The largest absolute Gasteiger partial charge is 0.315 e. The number of rotatable bonds is 3. The summed E-state index contributed by atoms with van der Waals surface area (Å²) in [5.74, 6) is 1.07. The van der Waals surface area contributed by atoms with E-state index in [4.69, 9.17) is 16.6 Å². The molecule has 2 aromatic carbocycles. The molecule has 7 heteroatoms. The Balaban J connectivity index is 1.64. The number of halogens is 1. The van der Waals surface area contributed by atoms with Crippen LogP contribution in [-0.4, -0.2) is 37.2 Å². The Bertz CT molecular complexity index is 975. The summed E-state index contributed by atoms with van der Waals surface area (Å²) in [6.45, 7) is 2.10. The van der Waals surface area contributed by atoms with Gasteiger partial charge in [0.2, 0.25) is 0 Å². The molecular weight excluding hydrogens is 388 g/mol. The highest BCUT2D eigenvalue weighted by Crippen LogP contribution is 2.36. The van der Waals surface area contributed by atoms with Gasteiger partial charge < -0.3 is 4.90 Å². The number of nitrogens with zero attached hydrogens (tertiary/aromatic N) is 2. The number of amidine groups is 1. The van der Waals surface area contributed by atoms with Crippen molar-refractivity contribution in [2.75, 3.05) is 16.4 Å². The van der Waals surface area contributed by atoms with Gasteiger partial charge in [0.25, 0.3) is 0 Å². The average Bonchev–Trinajstić information content (AvgIpc) is 3.05. The van der Waals surface area contributed by atoms with E-state index in [1.54, 1.807) is 11.8 Å². The van der Waals surface area contributed by atoms with Crippen LogP contribution in [-0.2, 0) is 15.6 Å². The average molecular weight is 407 g/mol. The molecule has 0 bridgehead atoms. The van der Waals surface area contributed by atoms with E-state index in [2.05, 4.69) is 24.0 Å². The highest BCUT2D eigenvalue weighted by Gasteiger charge is 2.47. The SMILES string of the molecule is Cc1ccccc1CSC1=N[C@H]2CS(=O)(=O)C[C@@H]2N1c1cccc(Cl)c1. The van der Waals surface area contributed by atoms with E-state index in [0.717, 1.165) is 16.6 Å². The Hall–Kier alpha value is -1.50. The molecule has 1 fully saturated rings. The van der Waals surface area contributed by atoms with Crippen LogP contribution in [0.2, 0.25) is 5.02 Å². The minimum Gasteiger partial charge on any atom is -0.315 e. The zero-order valence-corrected chi connectivity index (χ0v) is 16.7. The summed E-state index contributed by atoms with van der Waals surface area (Å²) in [5, 5.41) is 1.51. The number of benzene rings is 2. The van der Waals surface area contributed by atoms with Crippen LogP contribution >= 0.6 is 23.4 Å². The minimum atomic E-state index is -3.04. The molecule has 136 valence electrons. The zero-order valence-electron chi connectivity index (χ0n) is 14.3. The molecule has 0 amide bonds. The van der Waals surface area contributed by atoms with Gasteiger partial charge >= 0.3 is 0 Å². The lowest BCUT2D eigenvalue weighted by molar-refractivity contribution is 0.601. The molecular formula is C19H19ClN2O2S2. The van der Waals surface area contributed by atoms with Crippen molar-refractivity contribution < 1.29 is 8.42 Å². The number of sulfone groups is 1. The van der Waals surface area contributed by atoms with Crippen LogP contribution in [0.1, 0.15) is 11.1 Å². The molecule has 2 aliphatic heterocycles. The first-order chi connectivity index (χ1) is 12.4. The standard InChI is InChI=1S/C19H19ClN2O2S2/c1-13-5-2-3-6-14(13)10-25-19-21-17-11-26(23,24)12-18(17)22(19)16-8-4-7-15(20)9-16/h2-9,17-18H,10-12H2,1H3/t17-,18-/m0/s1. The third-order valence-corrected chi connectivity index (χ3v) is 7.76. The van der Waals surface area contributed by atoms with Crippen LogP contribution in [0, 0.1) is 6.92 Å². The number of hydrogen-bond donors (Lipinski definition) is 0. The van der Waals surface area contributed by atoms with Gasteiger partial charge in [-0.05, 0) is 36.2 Å². The third-order valence-electron chi connectivity index (χ3n) is 4.81. The second-order valence-corrected chi connectivity index (χ2v) is 10.2. The predicted octanol–water partition coefficient (Wildman–Crippen LogP) is 3.92. The van der Waals surface area contributed by atoms with E-state index in [9.17, 15) is 8.42 Å². The first-order valence-corrected chi connectivity index (χ1v) is 11.6. The normalized spacial score (nSPS) is 23.8. The molecule has 2 atom stereocenters. The lowest BCUT2D eigenvalue weighted by Crippen LogP contribution is -2.39. The number of aryl methyl sites for hydroxylation is 1. The second-order valence-electron chi connectivity index (χ2n) is 6.69. The highest BCUT2D eigenvalue weighted by atomic mass is 35.5.